The molecule has 4 rings (SSSR count). The first kappa shape index (κ1) is 17.7. The highest BCUT2D eigenvalue weighted by atomic mass is 16.2. The standard InChI is InChI=1S/C20H24N4O3/c1-24(15-4-12-7-19(26)22-9-13(12)5-15)10-14-8-18(25)16-6-11(20(21)27)2-3-17(16)23-14/h2-3,6,8,12-13,15H,4-5,7,9-10H2,1H3,(H2,21,27)(H,22,26)(H,23,25)/t12-,13+,15-/m1/s1. The van der Waals surface area contributed by atoms with E-state index >= 15 is 0 Å². The summed E-state index contributed by atoms with van der Waals surface area (Å²) in [6.45, 7) is 1.41. The largest absolute Gasteiger partial charge is 0.366 e. The zero-order chi connectivity index (χ0) is 19.1. The van der Waals surface area contributed by atoms with Crippen molar-refractivity contribution in [1.82, 2.24) is 15.2 Å². The van der Waals surface area contributed by atoms with E-state index in [0.29, 0.717) is 47.3 Å². The highest BCUT2D eigenvalue weighted by Gasteiger charge is 2.39. The highest BCUT2D eigenvalue weighted by Crippen LogP contribution is 2.38. The van der Waals surface area contributed by atoms with Crippen molar-refractivity contribution < 1.29 is 9.59 Å². The predicted molar refractivity (Wildman–Crippen MR) is 102 cm³/mol. The van der Waals surface area contributed by atoms with Gasteiger partial charge < -0.3 is 16.0 Å². The van der Waals surface area contributed by atoms with Gasteiger partial charge in [0, 0.05) is 53.8 Å². The average Bonchev–Trinajstić information content (AvgIpc) is 3.04. The van der Waals surface area contributed by atoms with Crippen LogP contribution in [0.3, 0.4) is 0 Å². The van der Waals surface area contributed by atoms with Crippen molar-refractivity contribution in [3.63, 3.8) is 0 Å². The molecule has 0 unspecified atom stereocenters. The zero-order valence-corrected chi connectivity index (χ0v) is 15.3. The molecule has 2 fully saturated rings. The van der Waals surface area contributed by atoms with Gasteiger partial charge in [-0.1, -0.05) is 0 Å². The Hall–Kier alpha value is -2.67. The molecule has 0 radical (unpaired) electrons. The van der Waals surface area contributed by atoms with E-state index in [1.807, 2.05) is 0 Å². The van der Waals surface area contributed by atoms with Crippen molar-refractivity contribution in [2.75, 3.05) is 13.6 Å². The number of aromatic nitrogens is 1. The average molecular weight is 368 g/mol. The molecular formula is C20H24N4O3. The summed E-state index contributed by atoms with van der Waals surface area (Å²) in [6.07, 6.45) is 2.72. The van der Waals surface area contributed by atoms with E-state index in [1.165, 1.54) is 6.07 Å². The Labute approximate surface area is 156 Å². The summed E-state index contributed by atoms with van der Waals surface area (Å²) in [6, 6.07) is 6.89. The minimum Gasteiger partial charge on any atom is -0.366 e. The Bertz CT molecular complexity index is 967. The number of nitrogens with one attached hydrogen (secondary N) is 2. The molecule has 0 spiro atoms. The van der Waals surface area contributed by atoms with Gasteiger partial charge in [0.15, 0.2) is 5.43 Å². The lowest BCUT2D eigenvalue weighted by molar-refractivity contribution is -0.124. The number of rotatable bonds is 4. The maximum Gasteiger partial charge on any atom is 0.248 e. The van der Waals surface area contributed by atoms with E-state index in [1.54, 1.807) is 18.2 Å². The van der Waals surface area contributed by atoms with Crippen molar-refractivity contribution in [2.24, 2.45) is 17.6 Å². The van der Waals surface area contributed by atoms with Crippen LogP contribution in [-0.4, -0.2) is 41.3 Å². The number of carbonyl (C=O) groups excluding carboxylic acids is 2. The third kappa shape index (κ3) is 3.47. The van der Waals surface area contributed by atoms with E-state index < -0.39 is 5.91 Å². The summed E-state index contributed by atoms with van der Waals surface area (Å²) in [4.78, 5) is 41.0. The molecule has 4 N–H and O–H groups in total. The maximum absolute atomic E-state index is 12.5. The van der Waals surface area contributed by atoms with Crippen LogP contribution >= 0.6 is 0 Å². The second-order valence-corrected chi connectivity index (χ2v) is 7.85. The maximum atomic E-state index is 12.5. The number of carbonyl (C=O) groups is 2. The summed E-state index contributed by atoms with van der Waals surface area (Å²) in [7, 11) is 2.07. The fourth-order valence-electron chi connectivity index (χ4n) is 4.53. The van der Waals surface area contributed by atoms with Crippen LogP contribution in [0.1, 0.15) is 35.3 Å². The van der Waals surface area contributed by atoms with Crippen molar-refractivity contribution >= 4 is 22.7 Å². The Balaban J connectivity index is 1.51. The van der Waals surface area contributed by atoms with Crippen LogP contribution < -0.4 is 16.5 Å². The normalized spacial score (nSPS) is 24.8. The second kappa shape index (κ2) is 6.81. The number of benzene rings is 1. The summed E-state index contributed by atoms with van der Waals surface area (Å²) < 4.78 is 0. The van der Waals surface area contributed by atoms with E-state index in [4.69, 9.17) is 5.73 Å². The molecule has 27 heavy (non-hydrogen) atoms. The molecule has 2 amide bonds. The van der Waals surface area contributed by atoms with Gasteiger partial charge in [-0.3, -0.25) is 19.3 Å². The molecule has 0 bridgehead atoms. The number of aromatic amines is 1. The molecular weight excluding hydrogens is 344 g/mol. The van der Waals surface area contributed by atoms with Gasteiger partial charge in [-0.25, -0.2) is 0 Å². The first-order chi connectivity index (χ1) is 12.9. The monoisotopic (exact) mass is 368 g/mol. The number of hydrogen-bond donors (Lipinski definition) is 3. The van der Waals surface area contributed by atoms with Crippen LogP contribution in [0, 0.1) is 11.8 Å². The van der Waals surface area contributed by atoms with Gasteiger partial charge in [-0.15, -0.1) is 0 Å². The van der Waals surface area contributed by atoms with Crippen LogP contribution in [0.2, 0.25) is 0 Å². The summed E-state index contributed by atoms with van der Waals surface area (Å²) in [5.41, 5.74) is 7.04. The van der Waals surface area contributed by atoms with Crippen LogP contribution in [0.5, 0.6) is 0 Å². The van der Waals surface area contributed by atoms with Crippen molar-refractivity contribution in [3.05, 3.63) is 45.7 Å². The quantitative estimate of drug-likeness (QED) is 0.747. The predicted octanol–water partition coefficient (Wildman–Crippen LogP) is 0.973. The van der Waals surface area contributed by atoms with Crippen LogP contribution in [0.15, 0.2) is 29.1 Å². The van der Waals surface area contributed by atoms with Crippen molar-refractivity contribution in [2.45, 2.75) is 31.8 Å². The number of pyridine rings is 1. The molecule has 2 aliphatic rings. The van der Waals surface area contributed by atoms with E-state index in [2.05, 4.69) is 22.2 Å². The van der Waals surface area contributed by atoms with Gasteiger partial charge >= 0.3 is 0 Å². The van der Waals surface area contributed by atoms with Crippen molar-refractivity contribution in [3.8, 4) is 0 Å². The van der Waals surface area contributed by atoms with Gasteiger partial charge in [0.05, 0.1) is 0 Å². The number of amides is 2. The zero-order valence-electron chi connectivity index (χ0n) is 15.3. The summed E-state index contributed by atoms with van der Waals surface area (Å²) >= 11 is 0. The van der Waals surface area contributed by atoms with Crippen LogP contribution in [0.4, 0.5) is 0 Å². The fourth-order valence-corrected chi connectivity index (χ4v) is 4.53. The third-order valence-corrected chi connectivity index (χ3v) is 6.04. The van der Waals surface area contributed by atoms with Crippen LogP contribution in [0.25, 0.3) is 10.9 Å². The molecule has 1 saturated heterocycles. The number of piperidine rings is 1. The van der Waals surface area contributed by atoms with Gasteiger partial charge in [0.1, 0.15) is 0 Å². The molecule has 3 atom stereocenters. The van der Waals surface area contributed by atoms with E-state index in [0.717, 1.165) is 25.1 Å². The molecule has 1 aromatic heterocycles. The van der Waals surface area contributed by atoms with Gasteiger partial charge in [0.25, 0.3) is 0 Å². The topological polar surface area (TPSA) is 108 Å². The second-order valence-electron chi connectivity index (χ2n) is 7.85. The van der Waals surface area contributed by atoms with Crippen molar-refractivity contribution in [1.29, 1.82) is 0 Å². The van der Waals surface area contributed by atoms with Gasteiger partial charge in [0.2, 0.25) is 11.8 Å². The number of nitrogens with two attached hydrogens (primary N) is 1. The Morgan fingerprint density at radius 1 is 1.22 bits per heavy atom. The fraction of sp³-hybridized carbons (Fsp3) is 0.450. The molecule has 7 heteroatoms. The number of hydrogen-bond acceptors (Lipinski definition) is 4. The minimum atomic E-state index is -0.546. The van der Waals surface area contributed by atoms with E-state index in [9.17, 15) is 14.4 Å². The highest BCUT2D eigenvalue weighted by molar-refractivity contribution is 5.96. The molecule has 142 valence electrons. The molecule has 1 aliphatic heterocycles. The number of primary amides is 1. The molecule has 2 heterocycles. The van der Waals surface area contributed by atoms with E-state index in [-0.39, 0.29) is 11.3 Å². The first-order valence-corrected chi connectivity index (χ1v) is 9.33. The Kier molecular flexibility index (Phi) is 4.47. The SMILES string of the molecule is CN(Cc1cc(=O)c2cc(C(N)=O)ccc2[nH]1)[C@H]1C[C@H]2CNC(=O)C[C@H]2C1. The summed E-state index contributed by atoms with van der Waals surface area (Å²) in [5, 5.41) is 3.43. The lowest BCUT2D eigenvalue weighted by atomic mass is 9.89. The Morgan fingerprint density at radius 2 is 2.00 bits per heavy atom. The number of H-pyrrole nitrogens is 1. The first-order valence-electron chi connectivity index (χ1n) is 9.33. The molecule has 1 aromatic carbocycles. The smallest absolute Gasteiger partial charge is 0.248 e. The molecule has 1 aliphatic carbocycles. The molecule has 7 nitrogen and oxygen atoms in total. The van der Waals surface area contributed by atoms with Crippen LogP contribution in [-0.2, 0) is 11.3 Å². The molecule has 2 aromatic rings. The summed E-state index contributed by atoms with van der Waals surface area (Å²) in [5.74, 6) is 0.636. The Morgan fingerprint density at radius 3 is 2.78 bits per heavy atom. The van der Waals surface area contributed by atoms with Gasteiger partial charge in [-0.2, -0.15) is 0 Å². The lowest BCUT2D eigenvalue weighted by Crippen LogP contribution is -2.38. The number of fused-ring (bicyclic) bond motifs is 2. The van der Waals surface area contributed by atoms with Gasteiger partial charge in [-0.05, 0) is 49.9 Å². The molecule has 1 saturated carbocycles. The minimum absolute atomic E-state index is 0.120. The third-order valence-electron chi connectivity index (χ3n) is 6.04. The number of nitrogens with zero attached hydrogens (tertiary/aromatic N) is 1. The lowest BCUT2D eigenvalue weighted by Gasteiger charge is -2.24.